The molecule has 1 saturated heterocycles. The molecule has 0 bridgehead atoms. The monoisotopic (exact) mass is 325 g/mol. The average molecular weight is 325 g/mol. The Morgan fingerprint density at radius 1 is 1.45 bits per heavy atom. The number of rotatable bonds is 6. The lowest BCUT2D eigenvalue weighted by molar-refractivity contribution is -0.148. The van der Waals surface area contributed by atoms with Crippen molar-refractivity contribution in [3.8, 4) is 0 Å². The highest BCUT2D eigenvalue weighted by atomic mass is 32.1. The molecule has 0 atom stereocenters. The molecule has 1 aromatic rings. The molecule has 22 heavy (non-hydrogen) atoms. The van der Waals surface area contributed by atoms with Gasteiger partial charge in [-0.3, -0.25) is 9.59 Å². The van der Waals surface area contributed by atoms with Gasteiger partial charge in [-0.2, -0.15) is 0 Å². The predicted molar refractivity (Wildman–Crippen MR) is 84.5 cm³/mol. The molecular formula is C15H23N3O3S. The van der Waals surface area contributed by atoms with Gasteiger partial charge >= 0.3 is 5.97 Å². The van der Waals surface area contributed by atoms with Crippen molar-refractivity contribution >= 4 is 23.2 Å². The first-order valence-corrected chi connectivity index (χ1v) is 8.51. The van der Waals surface area contributed by atoms with Crippen molar-refractivity contribution in [1.29, 1.82) is 0 Å². The summed E-state index contributed by atoms with van der Waals surface area (Å²) in [5.74, 6) is -0.161. The number of nitrogens with two attached hydrogens (primary N) is 1. The van der Waals surface area contributed by atoms with Crippen LogP contribution in [0.3, 0.4) is 0 Å². The molecule has 2 rings (SSSR count). The molecule has 0 saturated carbocycles. The number of nitrogens with zero attached hydrogens (tertiary/aromatic N) is 2. The lowest BCUT2D eigenvalue weighted by Crippen LogP contribution is -2.41. The summed E-state index contributed by atoms with van der Waals surface area (Å²) in [5.41, 5.74) is 6.32. The molecule has 0 aliphatic carbocycles. The average Bonchev–Trinajstić information content (AvgIpc) is 2.99. The maximum absolute atomic E-state index is 12.3. The number of carbonyl (C=O) groups excluding carboxylic acids is 2. The van der Waals surface area contributed by atoms with Gasteiger partial charge in [-0.05, 0) is 25.8 Å². The third-order valence-corrected chi connectivity index (χ3v) is 4.87. The van der Waals surface area contributed by atoms with E-state index in [0.29, 0.717) is 38.9 Å². The summed E-state index contributed by atoms with van der Waals surface area (Å²) in [4.78, 5) is 30.1. The van der Waals surface area contributed by atoms with Crippen molar-refractivity contribution in [2.75, 3.05) is 26.7 Å². The van der Waals surface area contributed by atoms with Crippen LogP contribution in [0.25, 0.3) is 0 Å². The Balaban J connectivity index is 1.80. The minimum Gasteiger partial charge on any atom is -0.469 e. The fourth-order valence-corrected chi connectivity index (χ4v) is 3.44. The van der Waals surface area contributed by atoms with Gasteiger partial charge in [-0.15, -0.1) is 11.3 Å². The van der Waals surface area contributed by atoms with Crippen LogP contribution in [0.15, 0.2) is 5.38 Å². The van der Waals surface area contributed by atoms with Crippen LogP contribution in [0.1, 0.15) is 30.0 Å². The van der Waals surface area contributed by atoms with E-state index in [9.17, 15) is 9.59 Å². The third-order valence-electron chi connectivity index (χ3n) is 3.91. The lowest BCUT2D eigenvalue weighted by Gasteiger charge is -2.30. The number of aryl methyl sites for hydroxylation is 1. The molecule has 122 valence electrons. The molecule has 2 heterocycles. The zero-order valence-electron chi connectivity index (χ0n) is 12.9. The summed E-state index contributed by atoms with van der Waals surface area (Å²) in [7, 11) is 1.41. The smallest absolute Gasteiger partial charge is 0.308 e. The number of aromatic nitrogens is 1. The molecule has 6 nitrogen and oxygen atoms in total. The van der Waals surface area contributed by atoms with Crippen LogP contribution in [0, 0.1) is 5.92 Å². The summed E-state index contributed by atoms with van der Waals surface area (Å²) < 4.78 is 4.76. The van der Waals surface area contributed by atoms with Crippen molar-refractivity contribution in [3.63, 3.8) is 0 Å². The van der Waals surface area contributed by atoms with Crippen LogP contribution in [0.2, 0.25) is 0 Å². The Labute approximate surface area is 134 Å². The number of esters is 1. The highest BCUT2D eigenvalue weighted by Crippen LogP contribution is 2.20. The predicted octanol–water partition coefficient (Wildman–Crippen LogP) is 0.988. The first-order valence-electron chi connectivity index (χ1n) is 7.63. The van der Waals surface area contributed by atoms with E-state index in [2.05, 4.69) is 4.98 Å². The van der Waals surface area contributed by atoms with Gasteiger partial charge < -0.3 is 15.4 Å². The quantitative estimate of drug-likeness (QED) is 0.788. The van der Waals surface area contributed by atoms with Crippen molar-refractivity contribution in [3.05, 3.63) is 16.1 Å². The van der Waals surface area contributed by atoms with Gasteiger partial charge in [0.2, 0.25) is 5.91 Å². The van der Waals surface area contributed by atoms with Crippen LogP contribution >= 0.6 is 11.3 Å². The molecule has 2 N–H and O–H groups in total. The summed E-state index contributed by atoms with van der Waals surface area (Å²) in [6.07, 6.45) is 3.48. The first kappa shape index (κ1) is 16.9. The third kappa shape index (κ3) is 4.51. The molecule has 7 heteroatoms. The molecule has 0 spiro atoms. The number of piperidine rings is 1. The van der Waals surface area contributed by atoms with Gasteiger partial charge in [0.1, 0.15) is 0 Å². The Hall–Kier alpha value is -1.47. The number of carbonyl (C=O) groups is 2. The second-order valence-corrected chi connectivity index (χ2v) is 6.42. The minimum absolute atomic E-state index is 0.0730. The first-order chi connectivity index (χ1) is 10.6. The number of amides is 1. The van der Waals surface area contributed by atoms with E-state index >= 15 is 0 Å². The fraction of sp³-hybridized carbons (Fsp3) is 0.667. The Kier molecular flexibility index (Phi) is 6.33. The molecule has 1 aliphatic heterocycles. The van der Waals surface area contributed by atoms with Crippen LogP contribution in [0.5, 0.6) is 0 Å². The Morgan fingerprint density at radius 2 is 2.18 bits per heavy atom. The maximum Gasteiger partial charge on any atom is 0.308 e. The number of likely N-dealkylation sites (tertiary alicyclic amines) is 1. The topological polar surface area (TPSA) is 85.5 Å². The van der Waals surface area contributed by atoms with Crippen LogP contribution < -0.4 is 5.73 Å². The Bertz CT molecular complexity index is 510. The zero-order chi connectivity index (χ0) is 15.9. The SMILES string of the molecule is COC(=O)C1CCN(C(=O)Cc2csc(CCCN)n2)CC1. The zero-order valence-corrected chi connectivity index (χ0v) is 13.7. The number of methoxy groups -OCH3 is 1. The van der Waals surface area contributed by atoms with Gasteiger partial charge in [-0.25, -0.2) is 4.98 Å². The number of hydrogen-bond acceptors (Lipinski definition) is 6. The molecule has 1 amide bonds. The van der Waals surface area contributed by atoms with Crippen molar-refractivity contribution in [1.82, 2.24) is 9.88 Å². The highest BCUT2D eigenvalue weighted by molar-refractivity contribution is 7.09. The second-order valence-electron chi connectivity index (χ2n) is 5.48. The molecule has 0 unspecified atom stereocenters. The van der Waals surface area contributed by atoms with Crippen LogP contribution in [-0.4, -0.2) is 48.5 Å². The van der Waals surface area contributed by atoms with E-state index in [1.807, 2.05) is 10.3 Å². The number of thiazole rings is 1. The van der Waals surface area contributed by atoms with Crippen molar-refractivity contribution in [2.24, 2.45) is 11.7 Å². The highest BCUT2D eigenvalue weighted by Gasteiger charge is 2.28. The summed E-state index contributed by atoms with van der Waals surface area (Å²) in [6.45, 7) is 1.88. The molecule has 1 fully saturated rings. The van der Waals surface area contributed by atoms with Gasteiger partial charge in [0, 0.05) is 24.9 Å². The largest absolute Gasteiger partial charge is 0.469 e. The number of hydrogen-bond donors (Lipinski definition) is 1. The van der Waals surface area contributed by atoms with E-state index in [1.165, 1.54) is 7.11 Å². The summed E-state index contributed by atoms with van der Waals surface area (Å²) >= 11 is 1.59. The molecule has 0 aromatic carbocycles. The van der Waals surface area contributed by atoms with Crippen LogP contribution in [0.4, 0.5) is 0 Å². The second kappa shape index (κ2) is 8.24. The van der Waals surface area contributed by atoms with E-state index in [-0.39, 0.29) is 17.8 Å². The van der Waals surface area contributed by atoms with Crippen molar-refractivity contribution in [2.45, 2.75) is 32.1 Å². The van der Waals surface area contributed by atoms with Gasteiger partial charge in [-0.1, -0.05) is 0 Å². The van der Waals surface area contributed by atoms with E-state index < -0.39 is 0 Å². The van der Waals surface area contributed by atoms with Gasteiger partial charge in [0.05, 0.1) is 30.2 Å². The minimum atomic E-state index is -0.170. The molecule has 0 radical (unpaired) electrons. The standard InChI is InChI=1S/C15H23N3O3S/c1-21-15(20)11-4-7-18(8-5-11)14(19)9-12-10-22-13(17-12)3-2-6-16/h10-11H,2-9,16H2,1H3. The lowest BCUT2D eigenvalue weighted by atomic mass is 9.97. The van der Waals surface area contributed by atoms with E-state index in [0.717, 1.165) is 23.5 Å². The molecular weight excluding hydrogens is 302 g/mol. The normalized spacial score (nSPS) is 15.8. The molecule has 1 aromatic heterocycles. The number of ether oxygens (including phenoxy) is 1. The van der Waals surface area contributed by atoms with E-state index in [1.54, 1.807) is 11.3 Å². The summed E-state index contributed by atoms with van der Waals surface area (Å²) in [5, 5.41) is 2.99. The van der Waals surface area contributed by atoms with Crippen LogP contribution in [-0.2, 0) is 27.2 Å². The maximum atomic E-state index is 12.3. The van der Waals surface area contributed by atoms with Gasteiger partial charge in [0.25, 0.3) is 0 Å². The summed E-state index contributed by atoms with van der Waals surface area (Å²) in [6, 6.07) is 0. The van der Waals surface area contributed by atoms with E-state index in [4.69, 9.17) is 10.5 Å². The van der Waals surface area contributed by atoms with Gasteiger partial charge in [0.15, 0.2) is 0 Å². The van der Waals surface area contributed by atoms with Crippen molar-refractivity contribution < 1.29 is 14.3 Å². The molecule has 1 aliphatic rings. The Morgan fingerprint density at radius 3 is 2.82 bits per heavy atom. The fourth-order valence-electron chi connectivity index (χ4n) is 2.60.